The van der Waals surface area contributed by atoms with E-state index >= 15 is 0 Å². The third-order valence-electron chi connectivity index (χ3n) is 4.85. The Bertz CT molecular complexity index is 1100. The number of hydrogen-bond acceptors (Lipinski definition) is 5. The number of carbonyl (C=O) groups is 1. The summed E-state index contributed by atoms with van der Waals surface area (Å²) in [5.74, 6) is 1.21. The number of nitrogens with zero attached hydrogens (tertiary/aromatic N) is 3. The van der Waals surface area contributed by atoms with Crippen LogP contribution in [0.1, 0.15) is 37.7 Å². The molecule has 0 aliphatic carbocycles. The number of anilines is 1. The molecule has 10 heteroatoms. The number of rotatable bonds is 10. The van der Waals surface area contributed by atoms with Gasteiger partial charge in [0.2, 0.25) is 5.91 Å². The maximum Gasteiger partial charge on any atom is 0.416 e. The number of ether oxygens (including phenoxy) is 1. The van der Waals surface area contributed by atoms with Crippen molar-refractivity contribution in [2.24, 2.45) is 5.92 Å². The number of aromatic nitrogens is 3. The summed E-state index contributed by atoms with van der Waals surface area (Å²) >= 11 is 1.17. The number of benzene rings is 2. The Balaban J connectivity index is 1.63. The number of hydrogen-bond donors (Lipinski definition) is 1. The molecule has 1 aromatic heterocycles. The van der Waals surface area contributed by atoms with Gasteiger partial charge in [-0.15, -0.1) is 10.2 Å². The largest absolute Gasteiger partial charge is 0.486 e. The van der Waals surface area contributed by atoms with E-state index in [0.717, 1.165) is 24.3 Å². The third-order valence-corrected chi connectivity index (χ3v) is 5.81. The highest BCUT2D eigenvalue weighted by Crippen LogP contribution is 2.30. The van der Waals surface area contributed by atoms with Gasteiger partial charge in [-0.25, -0.2) is 0 Å². The fourth-order valence-electron chi connectivity index (χ4n) is 3.15. The first-order valence-corrected chi connectivity index (χ1v) is 11.9. The molecule has 0 atom stereocenters. The van der Waals surface area contributed by atoms with Gasteiger partial charge in [-0.1, -0.05) is 50.7 Å². The van der Waals surface area contributed by atoms with Gasteiger partial charge in [0.15, 0.2) is 11.0 Å². The molecule has 0 aliphatic rings. The molecular formula is C24H27F3N4O2S. The van der Waals surface area contributed by atoms with Crippen LogP contribution in [0.4, 0.5) is 18.9 Å². The molecule has 0 fully saturated rings. The molecule has 0 unspecified atom stereocenters. The number of amides is 1. The van der Waals surface area contributed by atoms with E-state index < -0.39 is 17.6 Å². The van der Waals surface area contributed by atoms with Crippen LogP contribution in [0.5, 0.6) is 5.75 Å². The van der Waals surface area contributed by atoms with Gasteiger partial charge in [-0.3, -0.25) is 4.79 Å². The molecule has 0 bridgehead atoms. The van der Waals surface area contributed by atoms with E-state index in [1.165, 1.54) is 29.5 Å². The van der Waals surface area contributed by atoms with Crippen LogP contribution < -0.4 is 10.1 Å². The molecule has 1 heterocycles. The molecule has 1 N–H and O–H groups in total. The van der Waals surface area contributed by atoms with Crippen LogP contribution in [0, 0.1) is 5.92 Å². The quantitative estimate of drug-likeness (QED) is 0.361. The second-order valence-electron chi connectivity index (χ2n) is 8.10. The first-order valence-electron chi connectivity index (χ1n) is 10.9. The van der Waals surface area contributed by atoms with Gasteiger partial charge in [0.25, 0.3) is 0 Å². The highest BCUT2D eigenvalue weighted by molar-refractivity contribution is 7.99. The van der Waals surface area contributed by atoms with Gasteiger partial charge in [0.1, 0.15) is 12.4 Å². The normalized spacial score (nSPS) is 11.6. The van der Waals surface area contributed by atoms with Gasteiger partial charge in [-0.2, -0.15) is 13.2 Å². The fraction of sp³-hybridized carbons (Fsp3) is 0.375. The lowest BCUT2D eigenvalue weighted by molar-refractivity contribution is -0.137. The summed E-state index contributed by atoms with van der Waals surface area (Å²) in [7, 11) is 0. The average molecular weight is 493 g/mol. The summed E-state index contributed by atoms with van der Waals surface area (Å²) in [4.78, 5) is 12.4. The Hall–Kier alpha value is -3.01. The minimum atomic E-state index is -4.47. The molecule has 34 heavy (non-hydrogen) atoms. The Labute approximate surface area is 200 Å². The molecule has 0 saturated carbocycles. The SMILES string of the molecule is CCc1ccc(OCc2nnc(SCC(=O)Nc3cccc(C(F)(F)F)c3)n2CC(C)C)cc1. The van der Waals surface area contributed by atoms with Gasteiger partial charge in [0, 0.05) is 12.2 Å². The average Bonchev–Trinajstić information content (AvgIpc) is 3.17. The second-order valence-corrected chi connectivity index (χ2v) is 9.05. The summed E-state index contributed by atoms with van der Waals surface area (Å²) in [6.45, 7) is 7.06. The maximum absolute atomic E-state index is 12.9. The van der Waals surface area contributed by atoms with Gasteiger partial charge in [0.05, 0.1) is 11.3 Å². The zero-order valence-electron chi connectivity index (χ0n) is 19.2. The topological polar surface area (TPSA) is 69.0 Å². The maximum atomic E-state index is 12.9. The Morgan fingerprint density at radius 1 is 1.15 bits per heavy atom. The van der Waals surface area contributed by atoms with Crippen molar-refractivity contribution in [2.45, 2.75) is 51.7 Å². The first-order chi connectivity index (χ1) is 16.2. The van der Waals surface area contributed by atoms with Gasteiger partial charge in [-0.05, 0) is 48.2 Å². The van der Waals surface area contributed by atoms with Crippen LogP contribution in [-0.4, -0.2) is 26.4 Å². The van der Waals surface area contributed by atoms with Crippen LogP contribution in [-0.2, 0) is 30.5 Å². The van der Waals surface area contributed by atoms with Crippen LogP contribution in [0.15, 0.2) is 53.7 Å². The molecule has 2 aromatic carbocycles. The second kappa shape index (κ2) is 11.4. The predicted molar refractivity (Wildman–Crippen MR) is 126 cm³/mol. The zero-order chi connectivity index (χ0) is 24.7. The van der Waals surface area contributed by atoms with Gasteiger partial charge < -0.3 is 14.6 Å². The molecule has 0 spiro atoms. The predicted octanol–water partition coefficient (Wildman–Crippen LogP) is 5.83. The fourth-order valence-corrected chi connectivity index (χ4v) is 3.92. The number of nitrogens with one attached hydrogen (secondary N) is 1. The van der Waals surface area contributed by atoms with E-state index in [9.17, 15) is 18.0 Å². The van der Waals surface area contributed by atoms with Crippen molar-refractivity contribution >= 4 is 23.4 Å². The molecule has 182 valence electrons. The van der Waals surface area contributed by atoms with Crippen molar-refractivity contribution in [3.8, 4) is 5.75 Å². The standard InChI is InChI=1S/C24H27F3N4O2S/c1-4-17-8-10-20(11-9-17)33-14-21-29-30-23(31(21)13-16(2)3)34-15-22(32)28-19-7-5-6-18(12-19)24(25,26)27/h5-12,16H,4,13-15H2,1-3H3,(H,28,32). The van der Waals surface area contributed by atoms with Gasteiger partial charge >= 0.3 is 6.18 Å². The van der Waals surface area contributed by atoms with E-state index in [1.807, 2.05) is 28.8 Å². The van der Waals surface area contributed by atoms with Crippen molar-refractivity contribution in [3.05, 3.63) is 65.5 Å². The highest BCUT2D eigenvalue weighted by Gasteiger charge is 2.30. The van der Waals surface area contributed by atoms with E-state index in [4.69, 9.17) is 4.74 Å². The third kappa shape index (κ3) is 7.24. The van der Waals surface area contributed by atoms with Crippen molar-refractivity contribution in [2.75, 3.05) is 11.1 Å². The molecule has 3 rings (SSSR count). The Kier molecular flexibility index (Phi) is 8.60. The summed E-state index contributed by atoms with van der Waals surface area (Å²) in [5.41, 5.74) is 0.494. The first kappa shape index (κ1) is 25.6. The number of thioether (sulfide) groups is 1. The lowest BCUT2D eigenvalue weighted by Crippen LogP contribution is -2.16. The van der Waals surface area contributed by atoms with Crippen LogP contribution >= 0.6 is 11.8 Å². The minimum Gasteiger partial charge on any atom is -0.486 e. The molecular weight excluding hydrogens is 465 g/mol. The molecule has 1 amide bonds. The number of alkyl halides is 3. The molecule has 0 radical (unpaired) electrons. The molecule has 0 saturated heterocycles. The number of carbonyl (C=O) groups excluding carboxylic acids is 1. The smallest absolute Gasteiger partial charge is 0.416 e. The summed E-state index contributed by atoms with van der Waals surface area (Å²) in [6, 6.07) is 12.4. The summed E-state index contributed by atoms with van der Waals surface area (Å²) in [6.07, 6.45) is -3.52. The van der Waals surface area contributed by atoms with Crippen molar-refractivity contribution in [1.82, 2.24) is 14.8 Å². The minimum absolute atomic E-state index is 0.0220. The Morgan fingerprint density at radius 2 is 1.88 bits per heavy atom. The van der Waals surface area contributed by atoms with E-state index in [2.05, 4.69) is 36.3 Å². The lowest BCUT2D eigenvalue weighted by atomic mass is 10.2. The monoisotopic (exact) mass is 492 g/mol. The molecule has 0 aliphatic heterocycles. The Morgan fingerprint density at radius 3 is 2.53 bits per heavy atom. The zero-order valence-corrected chi connectivity index (χ0v) is 20.0. The van der Waals surface area contributed by atoms with Crippen molar-refractivity contribution in [1.29, 1.82) is 0 Å². The van der Waals surface area contributed by atoms with E-state index in [0.29, 0.717) is 23.4 Å². The summed E-state index contributed by atoms with van der Waals surface area (Å²) < 4.78 is 46.4. The van der Waals surface area contributed by atoms with Crippen molar-refractivity contribution < 1.29 is 22.7 Å². The van der Waals surface area contributed by atoms with Crippen LogP contribution in [0.3, 0.4) is 0 Å². The van der Waals surface area contributed by atoms with Crippen LogP contribution in [0.25, 0.3) is 0 Å². The van der Waals surface area contributed by atoms with Crippen molar-refractivity contribution in [3.63, 3.8) is 0 Å². The van der Waals surface area contributed by atoms with Crippen LogP contribution in [0.2, 0.25) is 0 Å². The highest BCUT2D eigenvalue weighted by atomic mass is 32.2. The van der Waals surface area contributed by atoms with E-state index in [1.54, 1.807) is 0 Å². The summed E-state index contributed by atoms with van der Waals surface area (Å²) in [5, 5.41) is 11.5. The molecule has 3 aromatic rings. The molecule has 6 nitrogen and oxygen atoms in total. The number of halogens is 3. The number of aryl methyl sites for hydroxylation is 1. The lowest BCUT2D eigenvalue weighted by Gasteiger charge is -2.13. The van der Waals surface area contributed by atoms with E-state index in [-0.39, 0.29) is 18.0 Å².